The standard InChI is InChI=1S/C11H17N3O3S/c1-7(5-10(15)16)13-11(17)12-4-3-9-6-18-8(2)14-9/h6-7H,3-5H2,1-2H3,(H,15,16)(H2,12,13,17). The van der Waals surface area contributed by atoms with Gasteiger partial charge in [-0.2, -0.15) is 0 Å². The quantitative estimate of drug-likeness (QED) is 0.724. The number of nitrogens with one attached hydrogen (secondary N) is 2. The van der Waals surface area contributed by atoms with Gasteiger partial charge in [-0.1, -0.05) is 0 Å². The van der Waals surface area contributed by atoms with Crippen LogP contribution in [0.5, 0.6) is 0 Å². The van der Waals surface area contributed by atoms with Gasteiger partial charge < -0.3 is 15.7 Å². The lowest BCUT2D eigenvalue weighted by Crippen LogP contribution is -2.42. The number of urea groups is 1. The molecule has 18 heavy (non-hydrogen) atoms. The van der Waals surface area contributed by atoms with E-state index in [0.29, 0.717) is 13.0 Å². The van der Waals surface area contributed by atoms with Crippen molar-refractivity contribution in [3.05, 3.63) is 16.1 Å². The molecule has 1 atom stereocenters. The number of carbonyl (C=O) groups excluding carboxylic acids is 1. The zero-order valence-electron chi connectivity index (χ0n) is 10.4. The van der Waals surface area contributed by atoms with Crippen LogP contribution in [0.25, 0.3) is 0 Å². The summed E-state index contributed by atoms with van der Waals surface area (Å²) in [6.07, 6.45) is 0.587. The highest BCUT2D eigenvalue weighted by Gasteiger charge is 2.10. The normalized spacial score (nSPS) is 11.9. The van der Waals surface area contributed by atoms with Gasteiger partial charge in [0.15, 0.2) is 0 Å². The van der Waals surface area contributed by atoms with E-state index in [-0.39, 0.29) is 18.5 Å². The third-order valence-electron chi connectivity index (χ3n) is 2.19. The van der Waals surface area contributed by atoms with Gasteiger partial charge in [-0.05, 0) is 13.8 Å². The Kier molecular flexibility index (Phi) is 5.57. The SMILES string of the molecule is Cc1nc(CCNC(=O)NC(C)CC(=O)O)cs1. The lowest BCUT2D eigenvalue weighted by Gasteiger charge is -2.12. The molecule has 1 heterocycles. The summed E-state index contributed by atoms with van der Waals surface area (Å²) in [5.74, 6) is -0.930. The molecule has 7 heteroatoms. The first-order valence-corrected chi connectivity index (χ1v) is 6.52. The molecular weight excluding hydrogens is 254 g/mol. The van der Waals surface area contributed by atoms with Crippen LogP contribution in [-0.2, 0) is 11.2 Å². The molecule has 2 amide bonds. The molecule has 3 N–H and O–H groups in total. The number of carboxylic acid groups (broad SMARTS) is 1. The summed E-state index contributed by atoms with van der Waals surface area (Å²) >= 11 is 1.58. The molecule has 0 fully saturated rings. The monoisotopic (exact) mass is 271 g/mol. The van der Waals surface area contributed by atoms with Gasteiger partial charge in [0.05, 0.1) is 17.1 Å². The molecule has 100 valence electrons. The first-order valence-electron chi connectivity index (χ1n) is 5.64. The number of carboxylic acids is 1. The van der Waals surface area contributed by atoms with Crippen molar-refractivity contribution in [1.82, 2.24) is 15.6 Å². The molecule has 1 aromatic heterocycles. The second-order valence-electron chi connectivity index (χ2n) is 4.01. The number of aromatic nitrogens is 1. The van der Waals surface area contributed by atoms with Gasteiger partial charge in [-0.3, -0.25) is 4.79 Å². The molecule has 0 saturated carbocycles. The van der Waals surface area contributed by atoms with E-state index in [1.807, 2.05) is 12.3 Å². The van der Waals surface area contributed by atoms with Crippen LogP contribution in [-0.4, -0.2) is 34.7 Å². The first kappa shape index (κ1) is 14.4. The maximum atomic E-state index is 11.4. The van der Waals surface area contributed by atoms with Crippen LogP contribution < -0.4 is 10.6 Å². The van der Waals surface area contributed by atoms with E-state index in [4.69, 9.17) is 5.11 Å². The summed E-state index contributed by atoms with van der Waals surface area (Å²) in [7, 11) is 0. The molecule has 1 aromatic rings. The number of hydrogen-bond acceptors (Lipinski definition) is 4. The van der Waals surface area contributed by atoms with E-state index < -0.39 is 5.97 Å². The zero-order valence-corrected chi connectivity index (χ0v) is 11.2. The summed E-state index contributed by atoms with van der Waals surface area (Å²) in [5, 5.41) is 16.7. The minimum Gasteiger partial charge on any atom is -0.481 e. The van der Waals surface area contributed by atoms with Crippen molar-refractivity contribution >= 4 is 23.3 Å². The summed E-state index contributed by atoms with van der Waals surface area (Å²) in [5.41, 5.74) is 0.955. The Morgan fingerprint density at radius 3 is 2.83 bits per heavy atom. The second kappa shape index (κ2) is 6.95. The van der Waals surface area contributed by atoms with Crippen molar-refractivity contribution in [2.75, 3.05) is 6.54 Å². The van der Waals surface area contributed by atoms with Crippen LogP contribution in [0.2, 0.25) is 0 Å². The van der Waals surface area contributed by atoms with Crippen LogP contribution in [0.3, 0.4) is 0 Å². The number of rotatable bonds is 6. The summed E-state index contributed by atoms with van der Waals surface area (Å²) in [6, 6.07) is -0.736. The van der Waals surface area contributed by atoms with Gasteiger partial charge in [-0.25, -0.2) is 9.78 Å². The van der Waals surface area contributed by atoms with Gasteiger partial charge >= 0.3 is 12.0 Å². The number of aryl methyl sites for hydroxylation is 1. The second-order valence-corrected chi connectivity index (χ2v) is 5.07. The maximum Gasteiger partial charge on any atom is 0.315 e. The molecular formula is C11H17N3O3S. The Morgan fingerprint density at radius 2 is 2.28 bits per heavy atom. The average Bonchev–Trinajstić information content (AvgIpc) is 2.62. The molecule has 0 radical (unpaired) electrons. The Hall–Kier alpha value is -1.63. The number of hydrogen-bond donors (Lipinski definition) is 3. The highest BCUT2D eigenvalue weighted by atomic mass is 32.1. The number of thiazole rings is 1. The molecule has 0 aliphatic rings. The highest BCUT2D eigenvalue weighted by molar-refractivity contribution is 7.09. The minimum atomic E-state index is -0.930. The van der Waals surface area contributed by atoms with Crippen LogP contribution in [0.15, 0.2) is 5.38 Å². The van der Waals surface area contributed by atoms with E-state index in [9.17, 15) is 9.59 Å². The molecule has 0 aliphatic heterocycles. The van der Waals surface area contributed by atoms with Crippen molar-refractivity contribution in [2.45, 2.75) is 32.7 Å². The predicted molar refractivity (Wildman–Crippen MR) is 68.8 cm³/mol. The lowest BCUT2D eigenvalue weighted by molar-refractivity contribution is -0.137. The first-order chi connectivity index (χ1) is 8.47. The van der Waals surface area contributed by atoms with Gasteiger partial charge in [0, 0.05) is 24.4 Å². The fourth-order valence-electron chi connectivity index (χ4n) is 1.41. The van der Waals surface area contributed by atoms with E-state index in [1.54, 1.807) is 18.3 Å². The fraction of sp³-hybridized carbons (Fsp3) is 0.545. The largest absolute Gasteiger partial charge is 0.481 e. The Morgan fingerprint density at radius 1 is 1.56 bits per heavy atom. The average molecular weight is 271 g/mol. The zero-order chi connectivity index (χ0) is 13.5. The van der Waals surface area contributed by atoms with E-state index in [0.717, 1.165) is 10.7 Å². The van der Waals surface area contributed by atoms with Crippen molar-refractivity contribution < 1.29 is 14.7 Å². The van der Waals surface area contributed by atoms with Gasteiger partial charge in [-0.15, -0.1) is 11.3 Å². The number of nitrogens with zero attached hydrogens (tertiary/aromatic N) is 1. The van der Waals surface area contributed by atoms with Crippen molar-refractivity contribution in [1.29, 1.82) is 0 Å². The van der Waals surface area contributed by atoms with Gasteiger partial charge in [0.2, 0.25) is 0 Å². The lowest BCUT2D eigenvalue weighted by atomic mass is 10.2. The maximum absolute atomic E-state index is 11.4. The van der Waals surface area contributed by atoms with Crippen molar-refractivity contribution in [3.63, 3.8) is 0 Å². The molecule has 0 aliphatic carbocycles. The smallest absolute Gasteiger partial charge is 0.315 e. The topological polar surface area (TPSA) is 91.3 Å². The van der Waals surface area contributed by atoms with Crippen molar-refractivity contribution in [2.24, 2.45) is 0 Å². The number of amides is 2. The molecule has 0 bridgehead atoms. The van der Waals surface area contributed by atoms with Crippen LogP contribution in [0, 0.1) is 6.92 Å². The predicted octanol–water partition coefficient (Wildman–Crippen LogP) is 1.16. The third-order valence-corrected chi connectivity index (χ3v) is 3.01. The van der Waals surface area contributed by atoms with Gasteiger partial charge in [0.1, 0.15) is 0 Å². The molecule has 6 nitrogen and oxygen atoms in total. The van der Waals surface area contributed by atoms with Crippen LogP contribution >= 0.6 is 11.3 Å². The Bertz CT molecular complexity index is 419. The fourth-order valence-corrected chi connectivity index (χ4v) is 2.06. The molecule has 0 spiro atoms. The van der Waals surface area contributed by atoms with Crippen molar-refractivity contribution in [3.8, 4) is 0 Å². The Labute approximate surface area is 109 Å². The van der Waals surface area contributed by atoms with E-state index in [1.165, 1.54) is 0 Å². The third kappa shape index (κ3) is 5.62. The van der Waals surface area contributed by atoms with Crippen LogP contribution in [0.1, 0.15) is 24.0 Å². The highest BCUT2D eigenvalue weighted by Crippen LogP contribution is 2.07. The molecule has 1 unspecified atom stereocenters. The number of aliphatic carboxylic acids is 1. The molecule has 0 aromatic carbocycles. The summed E-state index contributed by atoms with van der Waals surface area (Å²) < 4.78 is 0. The Balaban J connectivity index is 2.19. The number of carbonyl (C=O) groups is 2. The molecule has 1 rings (SSSR count). The van der Waals surface area contributed by atoms with Gasteiger partial charge in [0.25, 0.3) is 0 Å². The summed E-state index contributed by atoms with van der Waals surface area (Å²) in [4.78, 5) is 26.1. The van der Waals surface area contributed by atoms with E-state index >= 15 is 0 Å². The minimum absolute atomic E-state index is 0.0846. The van der Waals surface area contributed by atoms with E-state index in [2.05, 4.69) is 15.6 Å². The summed E-state index contributed by atoms with van der Waals surface area (Å²) in [6.45, 7) is 4.06. The molecule has 0 saturated heterocycles. The van der Waals surface area contributed by atoms with Crippen LogP contribution in [0.4, 0.5) is 4.79 Å².